The van der Waals surface area contributed by atoms with Gasteiger partial charge in [-0.3, -0.25) is 0 Å². The van der Waals surface area contributed by atoms with Crippen LogP contribution in [0.4, 0.5) is 4.39 Å². The van der Waals surface area contributed by atoms with Gasteiger partial charge in [-0.2, -0.15) is 0 Å². The zero-order valence-electron chi connectivity index (χ0n) is 8.43. The van der Waals surface area contributed by atoms with Crippen LogP contribution in [0.1, 0.15) is 33.5 Å². The van der Waals surface area contributed by atoms with Crippen molar-refractivity contribution in [2.24, 2.45) is 0 Å². The minimum Gasteiger partial charge on any atom is -0.239 e. The third kappa shape index (κ3) is 7.12. The number of nitrogens with zero attached hydrogens (tertiary/aromatic N) is 2. The number of halogens is 1. The first-order chi connectivity index (χ1) is 5.79. The quantitative estimate of drug-likeness (QED) is 0.601. The zero-order valence-corrected chi connectivity index (χ0v) is 8.43. The number of rotatable bonds is 0. The molecule has 70 valence electrons. The standard InChI is InChI=1S/C5H5FN2.2C2H6/c1-4-7-2-5(6)3-8-4;2*1-2/h2-3H,1H3;2*1-2H3. The molecule has 3 heteroatoms. The van der Waals surface area contributed by atoms with Gasteiger partial charge in [0.15, 0.2) is 5.82 Å². The minimum atomic E-state index is -0.393. The average Bonchev–Trinajstić information content (AvgIpc) is 2.17. The molecule has 0 aliphatic rings. The van der Waals surface area contributed by atoms with Gasteiger partial charge in [0.05, 0.1) is 12.4 Å². The molecule has 0 radical (unpaired) electrons. The van der Waals surface area contributed by atoms with E-state index in [1.807, 2.05) is 27.7 Å². The van der Waals surface area contributed by atoms with Crippen molar-refractivity contribution < 1.29 is 4.39 Å². The smallest absolute Gasteiger partial charge is 0.159 e. The van der Waals surface area contributed by atoms with Gasteiger partial charge >= 0.3 is 0 Å². The van der Waals surface area contributed by atoms with E-state index in [1.165, 1.54) is 0 Å². The van der Waals surface area contributed by atoms with E-state index in [4.69, 9.17) is 0 Å². The molecule has 0 aliphatic carbocycles. The summed E-state index contributed by atoms with van der Waals surface area (Å²) in [5.74, 6) is 0.196. The van der Waals surface area contributed by atoms with E-state index < -0.39 is 5.82 Å². The highest BCUT2D eigenvalue weighted by molar-refractivity contribution is 4.87. The van der Waals surface area contributed by atoms with E-state index in [1.54, 1.807) is 6.92 Å². The van der Waals surface area contributed by atoms with Gasteiger partial charge in [-0.15, -0.1) is 0 Å². The summed E-state index contributed by atoms with van der Waals surface area (Å²) in [6.45, 7) is 9.71. The van der Waals surface area contributed by atoms with Crippen molar-refractivity contribution in [1.29, 1.82) is 0 Å². The Hall–Kier alpha value is -0.990. The van der Waals surface area contributed by atoms with Crippen LogP contribution in [0.25, 0.3) is 0 Å². The fourth-order valence-electron chi connectivity index (χ4n) is 0.377. The molecule has 2 nitrogen and oxygen atoms in total. The highest BCUT2D eigenvalue weighted by Crippen LogP contribution is 1.89. The van der Waals surface area contributed by atoms with Gasteiger partial charge in [0, 0.05) is 0 Å². The maximum atomic E-state index is 12.0. The van der Waals surface area contributed by atoms with Crippen molar-refractivity contribution in [3.63, 3.8) is 0 Å². The number of hydrogen-bond donors (Lipinski definition) is 0. The van der Waals surface area contributed by atoms with Crippen LogP contribution in [0.3, 0.4) is 0 Å². The molecule has 0 bridgehead atoms. The van der Waals surface area contributed by atoms with Crippen LogP contribution in [0.2, 0.25) is 0 Å². The second kappa shape index (κ2) is 10.0. The van der Waals surface area contributed by atoms with Crippen molar-refractivity contribution in [1.82, 2.24) is 9.97 Å². The Morgan fingerprint density at radius 3 is 1.58 bits per heavy atom. The molecule has 0 saturated carbocycles. The molecule has 0 aliphatic heterocycles. The molecule has 1 heterocycles. The minimum absolute atomic E-state index is 0.393. The molecule has 0 saturated heterocycles. The fraction of sp³-hybridized carbons (Fsp3) is 0.556. The van der Waals surface area contributed by atoms with Gasteiger partial charge < -0.3 is 0 Å². The predicted octanol–water partition coefficient (Wildman–Crippen LogP) is 2.98. The summed E-state index contributed by atoms with van der Waals surface area (Å²) in [6, 6.07) is 0. The second-order valence-corrected chi connectivity index (χ2v) is 1.45. The lowest BCUT2D eigenvalue weighted by Gasteiger charge is -1.85. The van der Waals surface area contributed by atoms with Crippen molar-refractivity contribution in [3.8, 4) is 0 Å². The first kappa shape index (κ1) is 13.6. The highest BCUT2D eigenvalue weighted by atomic mass is 19.1. The van der Waals surface area contributed by atoms with Crippen LogP contribution in [0, 0.1) is 12.7 Å². The van der Waals surface area contributed by atoms with Crippen LogP contribution in [-0.2, 0) is 0 Å². The molecule has 0 aromatic carbocycles. The number of hydrogen-bond acceptors (Lipinski definition) is 2. The van der Waals surface area contributed by atoms with E-state index in [-0.39, 0.29) is 0 Å². The maximum Gasteiger partial charge on any atom is 0.159 e. The van der Waals surface area contributed by atoms with E-state index in [2.05, 4.69) is 9.97 Å². The van der Waals surface area contributed by atoms with Crippen molar-refractivity contribution >= 4 is 0 Å². The molecule has 0 atom stereocenters. The van der Waals surface area contributed by atoms with Gasteiger partial charge in [0.1, 0.15) is 5.82 Å². The van der Waals surface area contributed by atoms with Crippen LogP contribution < -0.4 is 0 Å². The Balaban J connectivity index is 0. The Labute approximate surface area is 73.9 Å². The normalized spacial score (nSPS) is 7.17. The van der Waals surface area contributed by atoms with Crippen molar-refractivity contribution in [2.45, 2.75) is 34.6 Å². The summed E-state index contributed by atoms with van der Waals surface area (Å²) in [7, 11) is 0. The van der Waals surface area contributed by atoms with E-state index in [0.29, 0.717) is 5.82 Å². The van der Waals surface area contributed by atoms with Crippen LogP contribution in [0.5, 0.6) is 0 Å². The molecule has 1 rings (SSSR count). The van der Waals surface area contributed by atoms with Gasteiger partial charge in [-0.05, 0) is 6.92 Å². The summed E-state index contributed by atoms with van der Waals surface area (Å²) in [4.78, 5) is 7.19. The number of aromatic nitrogens is 2. The summed E-state index contributed by atoms with van der Waals surface area (Å²) in [6.07, 6.45) is 2.28. The molecule has 0 fully saturated rings. The lowest BCUT2D eigenvalue weighted by Crippen LogP contribution is -1.85. The van der Waals surface area contributed by atoms with E-state index >= 15 is 0 Å². The summed E-state index contributed by atoms with van der Waals surface area (Å²) < 4.78 is 12.0. The lowest BCUT2D eigenvalue weighted by atomic mass is 10.6. The molecule has 1 aromatic rings. The highest BCUT2D eigenvalue weighted by Gasteiger charge is 1.86. The zero-order chi connectivity index (χ0) is 9.98. The van der Waals surface area contributed by atoms with E-state index in [9.17, 15) is 4.39 Å². The number of aryl methyl sites for hydroxylation is 1. The maximum absolute atomic E-state index is 12.0. The largest absolute Gasteiger partial charge is 0.239 e. The van der Waals surface area contributed by atoms with Gasteiger partial charge in [-0.1, -0.05) is 27.7 Å². The second-order valence-electron chi connectivity index (χ2n) is 1.45. The summed E-state index contributed by atoms with van der Waals surface area (Å²) >= 11 is 0. The molecule has 1 aromatic heterocycles. The lowest BCUT2D eigenvalue weighted by molar-refractivity contribution is 0.611. The summed E-state index contributed by atoms with van der Waals surface area (Å²) in [5, 5.41) is 0. The topological polar surface area (TPSA) is 25.8 Å². The molecular weight excluding hydrogens is 155 g/mol. The third-order valence-electron chi connectivity index (χ3n) is 0.749. The molecule has 0 spiro atoms. The van der Waals surface area contributed by atoms with Crippen molar-refractivity contribution in [2.75, 3.05) is 0 Å². The van der Waals surface area contributed by atoms with Crippen LogP contribution in [0.15, 0.2) is 12.4 Å². The van der Waals surface area contributed by atoms with Crippen molar-refractivity contribution in [3.05, 3.63) is 24.0 Å². The Morgan fingerprint density at radius 2 is 1.33 bits per heavy atom. The first-order valence-electron chi connectivity index (χ1n) is 4.23. The molecule has 12 heavy (non-hydrogen) atoms. The first-order valence-corrected chi connectivity index (χ1v) is 4.23. The fourth-order valence-corrected chi connectivity index (χ4v) is 0.377. The van der Waals surface area contributed by atoms with Gasteiger partial charge in [0.25, 0.3) is 0 Å². The molecule has 0 amide bonds. The van der Waals surface area contributed by atoms with Gasteiger partial charge in [-0.25, -0.2) is 14.4 Å². The molecule has 0 N–H and O–H groups in total. The summed E-state index contributed by atoms with van der Waals surface area (Å²) in [5.41, 5.74) is 0. The van der Waals surface area contributed by atoms with Crippen LogP contribution in [-0.4, -0.2) is 9.97 Å². The average molecular weight is 172 g/mol. The van der Waals surface area contributed by atoms with Crippen LogP contribution >= 0.6 is 0 Å². The van der Waals surface area contributed by atoms with E-state index in [0.717, 1.165) is 12.4 Å². The monoisotopic (exact) mass is 172 g/mol. The third-order valence-corrected chi connectivity index (χ3v) is 0.749. The van der Waals surface area contributed by atoms with Gasteiger partial charge in [0.2, 0.25) is 0 Å². The molecule has 0 unspecified atom stereocenters. The Morgan fingerprint density at radius 1 is 1.00 bits per heavy atom. The predicted molar refractivity (Wildman–Crippen MR) is 49.4 cm³/mol. The molecular formula is C9H17FN2. The Kier molecular flexibility index (Phi) is 11.3. The SMILES string of the molecule is CC.CC.Cc1ncc(F)cn1. The Bertz CT molecular complexity index is 151.